The van der Waals surface area contributed by atoms with Crippen molar-refractivity contribution in [1.82, 2.24) is 9.38 Å². The lowest BCUT2D eigenvalue weighted by molar-refractivity contribution is -0.115. The number of carbonyl (C=O) groups excluding carboxylic acids is 1. The third kappa shape index (κ3) is 3.21. The van der Waals surface area contributed by atoms with E-state index in [2.05, 4.69) is 10.3 Å². The summed E-state index contributed by atoms with van der Waals surface area (Å²) in [4.78, 5) is 16.3. The monoisotopic (exact) mass is 337 g/mol. The van der Waals surface area contributed by atoms with E-state index >= 15 is 0 Å². The van der Waals surface area contributed by atoms with Crippen LogP contribution in [-0.4, -0.2) is 15.3 Å². The Bertz CT molecular complexity index is 863. The zero-order chi connectivity index (χ0) is 15.7. The van der Waals surface area contributed by atoms with Crippen molar-refractivity contribution in [2.45, 2.75) is 6.42 Å². The third-order valence-electron chi connectivity index (χ3n) is 3.01. The number of anilines is 1. The normalized spacial score (nSPS) is 10.9. The fourth-order valence-electron chi connectivity index (χ4n) is 2.05. The maximum absolute atomic E-state index is 13.1. The summed E-state index contributed by atoms with van der Waals surface area (Å²) in [7, 11) is 0. The summed E-state index contributed by atoms with van der Waals surface area (Å²) in [6.07, 6.45) is 3.00. The molecule has 3 aromatic rings. The second-order valence-electron chi connectivity index (χ2n) is 4.70. The maximum Gasteiger partial charge on any atom is 0.230 e. The van der Waals surface area contributed by atoms with Gasteiger partial charge in [-0.2, -0.15) is 0 Å². The van der Waals surface area contributed by atoms with Gasteiger partial charge in [-0.1, -0.05) is 23.2 Å². The molecule has 0 bridgehead atoms. The molecular formula is C15H10Cl2FN3O. The van der Waals surface area contributed by atoms with Crippen molar-refractivity contribution in [1.29, 1.82) is 0 Å². The number of nitrogens with one attached hydrogen (secondary N) is 1. The summed E-state index contributed by atoms with van der Waals surface area (Å²) < 4.78 is 14.7. The van der Waals surface area contributed by atoms with E-state index in [0.717, 1.165) is 0 Å². The molecule has 4 nitrogen and oxygen atoms in total. The van der Waals surface area contributed by atoms with Gasteiger partial charge >= 0.3 is 0 Å². The summed E-state index contributed by atoms with van der Waals surface area (Å²) in [5.74, 6) is -0.612. The minimum atomic E-state index is -0.364. The van der Waals surface area contributed by atoms with Crippen LogP contribution < -0.4 is 5.32 Å². The number of benzene rings is 1. The van der Waals surface area contributed by atoms with Gasteiger partial charge in [-0.05, 0) is 30.3 Å². The molecule has 0 spiro atoms. The van der Waals surface area contributed by atoms with E-state index < -0.39 is 0 Å². The molecule has 0 atom stereocenters. The van der Waals surface area contributed by atoms with Crippen molar-refractivity contribution in [3.05, 3.63) is 64.3 Å². The molecule has 0 radical (unpaired) electrons. The quantitative estimate of drug-likeness (QED) is 0.786. The lowest BCUT2D eigenvalue weighted by Gasteiger charge is -2.05. The summed E-state index contributed by atoms with van der Waals surface area (Å²) in [6.45, 7) is 0. The number of fused-ring (bicyclic) bond motifs is 1. The predicted molar refractivity (Wildman–Crippen MR) is 83.9 cm³/mol. The number of hydrogen-bond acceptors (Lipinski definition) is 2. The maximum atomic E-state index is 13.1. The minimum absolute atomic E-state index is 0.0730. The van der Waals surface area contributed by atoms with Gasteiger partial charge in [0.2, 0.25) is 5.91 Å². The highest BCUT2D eigenvalue weighted by Gasteiger charge is 2.09. The number of carbonyl (C=O) groups is 1. The molecule has 1 N–H and O–H groups in total. The molecule has 7 heteroatoms. The van der Waals surface area contributed by atoms with Crippen LogP contribution in [0, 0.1) is 5.82 Å². The molecule has 1 amide bonds. The SMILES string of the molecule is O=C(Cc1cn2cc(F)ccc2n1)Nc1ccc(Cl)c(Cl)c1. The second-order valence-corrected chi connectivity index (χ2v) is 5.51. The molecule has 112 valence electrons. The van der Waals surface area contributed by atoms with Crippen molar-refractivity contribution in [2.24, 2.45) is 0 Å². The van der Waals surface area contributed by atoms with Crippen LogP contribution in [0.4, 0.5) is 10.1 Å². The first kappa shape index (κ1) is 14.8. The van der Waals surface area contributed by atoms with E-state index in [-0.39, 0.29) is 18.1 Å². The highest BCUT2D eigenvalue weighted by Crippen LogP contribution is 2.25. The summed E-state index contributed by atoms with van der Waals surface area (Å²) in [5.41, 5.74) is 1.68. The number of halogens is 3. The Balaban J connectivity index is 1.73. The Labute approximate surface area is 135 Å². The lowest BCUT2D eigenvalue weighted by Crippen LogP contribution is -2.14. The molecule has 0 fully saturated rings. The zero-order valence-corrected chi connectivity index (χ0v) is 12.7. The number of imidazole rings is 1. The number of rotatable bonds is 3. The van der Waals surface area contributed by atoms with Gasteiger partial charge in [-0.3, -0.25) is 4.79 Å². The second kappa shape index (κ2) is 5.94. The summed E-state index contributed by atoms with van der Waals surface area (Å²) in [5, 5.41) is 3.49. The number of nitrogens with zero attached hydrogens (tertiary/aromatic N) is 2. The number of hydrogen-bond donors (Lipinski definition) is 1. The van der Waals surface area contributed by atoms with Crippen LogP contribution in [0.2, 0.25) is 10.0 Å². The molecule has 3 rings (SSSR count). The van der Waals surface area contributed by atoms with Crippen LogP contribution in [0.15, 0.2) is 42.7 Å². The standard InChI is InChI=1S/C15H10Cl2FN3O/c16-12-3-2-10(5-13(12)17)20-15(22)6-11-8-21-7-9(18)1-4-14(21)19-11/h1-5,7-8H,6H2,(H,20,22). The van der Waals surface area contributed by atoms with Gasteiger partial charge in [0, 0.05) is 18.1 Å². The Morgan fingerprint density at radius 3 is 2.77 bits per heavy atom. The first-order valence-electron chi connectivity index (χ1n) is 6.39. The van der Waals surface area contributed by atoms with Gasteiger partial charge < -0.3 is 9.72 Å². The average Bonchev–Trinajstić information content (AvgIpc) is 2.84. The van der Waals surface area contributed by atoms with E-state index in [0.29, 0.717) is 27.1 Å². The summed E-state index contributed by atoms with van der Waals surface area (Å²) >= 11 is 11.7. The largest absolute Gasteiger partial charge is 0.326 e. The topological polar surface area (TPSA) is 46.4 Å². The molecule has 22 heavy (non-hydrogen) atoms. The smallest absolute Gasteiger partial charge is 0.230 e. The van der Waals surface area contributed by atoms with Gasteiger partial charge in [-0.15, -0.1) is 0 Å². The number of pyridine rings is 1. The van der Waals surface area contributed by atoms with Crippen LogP contribution in [0.5, 0.6) is 0 Å². The fraction of sp³-hybridized carbons (Fsp3) is 0.0667. The van der Waals surface area contributed by atoms with Crippen LogP contribution in [0.25, 0.3) is 5.65 Å². The van der Waals surface area contributed by atoms with Gasteiger partial charge in [0.15, 0.2) is 0 Å². The summed E-state index contributed by atoms with van der Waals surface area (Å²) in [6, 6.07) is 7.71. The average molecular weight is 338 g/mol. The molecule has 2 heterocycles. The Morgan fingerprint density at radius 2 is 2.00 bits per heavy atom. The third-order valence-corrected chi connectivity index (χ3v) is 3.75. The van der Waals surface area contributed by atoms with Crippen LogP contribution in [0.1, 0.15) is 5.69 Å². The van der Waals surface area contributed by atoms with Gasteiger partial charge in [0.05, 0.1) is 22.2 Å². The zero-order valence-electron chi connectivity index (χ0n) is 11.2. The Hall–Kier alpha value is -2.11. The van der Waals surface area contributed by atoms with Crippen molar-refractivity contribution >= 4 is 40.4 Å². The van der Waals surface area contributed by atoms with Crippen LogP contribution >= 0.6 is 23.2 Å². The van der Waals surface area contributed by atoms with Crippen LogP contribution in [-0.2, 0) is 11.2 Å². The van der Waals surface area contributed by atoms with Crippen molar-refractivity contribution in [3.8, 4) is 0 Å². The molecule has 0 unspecified atom stereocenters. The van der Waals surface area contributed by atoms with Gasteiger partial charge in [0.25, 0.3) is 0 Å². The number of amides is 1. The Kier molecular flexibility index (Phi) is 4.00. The highest BCUT2D eigenvalue weighted by atomic mass is 35.5. The van der Waals surface area contributed by atoms with E-state index in [4.69, 9.17) is 23.2 Å². The van der Waals surface area contributed by atoms with Crippen molar-refractivity contribution in [3.63, 3.8) is 0 Å². The van der Waals surface area contributed by atoms with E-state index in [1.54, 1.807) is 30.5 Å². The highest BCUT2D eigenvalue weighted by molar-refractivity contribution is 6.42. The molecule has 0 aliphatic carbocycles. The number of aromatic nitrogens is 2. The molecule has 0 saturated carbocycles. The first-order valence-corrected chi connectivity index (χ1v) is 7.15. The van der Waals surface area contributed by atoms with E-state index in [9.17, 15) is 9.18 Å². The van der Waals surface area contributed by atoms with Gasteiger partial charge in [-0.25, -0.2) is 9.37 Å². The van der Waals surface area contributed by atoms with Crippen molar-refractivity contribution < 1.29 is 9.18 Å². The molecule has 0 saturated heterocycles. The molecular weight excluding hydrogens is 328 g/mol. The molecule has 2 aromatic heterocycles. The lowest BCUT2D eigenvalue weighted by atomic mass is 10.3. The van der Waals surface area contributed by atoms with Crippen molar-refractivity contribution in [2.75, 3.05) is 5.32 Å². The van der Waals surface area contributed by atoms with Gasteiger partial charge in [0.1, 0.15) is 11.5 Å². The minimum Gasteiger partial charge on any atom is -0.326 e. The fourth-order valence-corrected chi connectivity index (χ4v) is 2.34. The molecule has 1 aromatic carbocycles. The van der Waals surface area contributed by atoms with E-state index in [1.807, 2.05) is 0 Å². The molecule has 0 aliphatic heterocycles. The Morgan fingerprint density at radius 1 is 1.18 bits per heavy atom. The predicted octanol–water partition coefficient (Wildman–Crippen LogP) is 3.96. The van der Waals surface area contributed by atoms with Crippen LogP contribution in [0.3, 0.4) is 0 Å². The first-order chi connectivity index (χ1) is 10.5. The van der Waals surface area contributed by atoms with E-state index in [1.165, 1.54) is 16.7 Å². The molecule has 0 aliphatic rings.